The number of halogens is 1. The predicted octanol–water partition coefficient (Wildman–Crippen LogP) is 1.94. The number of amides is 2. The molecule has 0 aliphatic heterocycles. The molecule has 2 amide bonds. The van der Waals surface area contributed by atoms with Crippen LogP contribution in [0.2, 0.25) is 0 Å². The summed E-state index contributed by atoms with van der Waals surface area (Å²) in [5.41, 5.74) is 2.93. The number of hydrogen-bond donors (Lipinski definition) is 2. The van der Waals surface area contributed by atoms with Crippen LogP contribution in [0, 0.1) is 5.82 Å². The van der Waals surface area contributed by atoms with Gasteiger partial charge in [0.2, 0.25) is 5.75 Å². The lowest BCUT2D eigenvalue weighted by Gasteiger charge is -2.12. The fourth-order valence-corrected chi connectivity index (χ4v) is 2.11. The minimum atomic E-state index is -0.983. The number of nitrogens with zero attached hydrogens (tertiary/aromatic N) is 1. The van der Waals surface area contributed by atoms with Crippen molar-refractivity contribution in [1.82, 2.24) is 5.43 Å². The number of anilines is 1. The molecule has 0 spiro atoms. The van der Waals surface area contributed by atoms with Crippen molar-refractivity contribution in [3.8, 4) is 17.2 Å². The third-order valence-electron chi connectivity index (χ3n) is 3.38. The molecule has 0 unspecified atom stereocenters. The van der Waals surface area contributed by atoms with Gasteiger partial charge in [-0.25, -0.2) is 9.82 Å². The molecule has 0 radical (unpaired) electrons. The van der Waals surface area contributed by atoms with E-state index in [1.165, 1.54) is 39.7 Å². The highest BCUT2D eigenvalue weighted by Crippen LogP contribution is 2.37. The largest absolute Gasteiger partial charge is 0.493 e. The van der Waals surface area contributed by atoms with Crippen molar-refractivity contribution in [2.45, 2.75) is 0 Å². The van der Waals surface area contributed by atoms with Gasteiger partial charge in [0.25, 0.3) is 0 Å². The van der Waals surface area contributed by atoms with Crippen LogP contribution in [0.25, 0.3) is 0 Å². The molecule has 142 valence electrons. The number of carbonyl (C=O) groups excluding carboxylic acids is 2. The van der Waals surface area contributed by atoms with Crippen molar-refractivity contribution in [2.24, 2.45) is 5.10 Å². The van der Waals surface area contributed by atoms with Gasteiger partial charge in [-0.1, -0.05) is 0 Å². The molecule has 2 rings (SSSR count). The molecule has 27 heavy (non-hydrogen) atoms. The number of carbonyl (C=O) groups is 2. The summed E-state index contributed by atoms with van der Waals surface area (Å²) in [6.07, 6.45) is 1.31. The molecular formula is C18H18FN3O5. The van der Waals surface area contributed by atoms with Crippen molar-refractivity contribution in [2.75, 3.05) is 26.6 Å². The zero-order chi connectivity index (χ0) is 19.8. The Labute approximate surface area is 154 Å². The monoisotopic (exact) mass is 375 g/mol. The lowest BCUT2D eigenvalue weighted by Crippen LogP contribution is -2.32. The summed E-state index contributed by atoms with van der Waals surface area (Å²) in [6, 6.07) is 8.23. The van der Waals surface area contributed by atoms with Crippen LogP contribution in [0.15, 0.2) is 41.5 Å². The van der Waals surface area contributed by atoms with Crippen molar-refractivity contribution in [3.05, 3.63) is 47.8 Å². The summed E-state index contributed by atoms with van der Waals surface area (Å²) in [5, 5.41) is 6.05. The Morgan fingerprint density at radius 2 is 1.56 bits per heavy atom. The maximum atomic E-state index is 12.8. The van der Waals surface area contributed by atoms with E-state index in [4.69, 9.17) is 14.2 Å². The first-order chi connectivity index (χ1) is 13.0. The van der Waals surface area contributed by atoms with E-state index in [1.54, 1.807) is 12.1 Å². The number of ether oxygens (including phenoxy) is 3. The first-order valence-corrected chi connectivity index (χ1v) is 7.68. The Morgan fingerprint density at radius 3 is 2.07 bits per heavy atom. The van der Waals surface area contributed by atoms with E-state index in [2.05, 4.69) is 15.8 Å². The molecule has 0 heterocycles. The molecule has 8 nitrogen and oxygen atoms in total. The molecule has 0 aliphatic carbocycles. The number of hydrazone groups is 1. The van der Waals surface area contributed by atoms with Crippen LogP contribution in [0.4, 0.5) is 10.1 Å². The van der Waals surface area contributed by atoms with Gasteiger partial charge < -0.3 is 19.5 Å². The summed E-state index contributed by atoms with van der Waals surface area (Å²) in [6.45, 7) is 0. The van der Waals surface area contributed by atoms with Gasteiger partial charge in [0.1, 0.15) is 5.82 Å². The topological polar surface area (TPSA) is 98.2 Å². The van der Waals surface area contributed by atoms with Crippen LogP contribution < -0.4 is 25.0 Å². The predicted molar refractivity (Wildman–Crippen MR) is 96.9 cm³/mol. The molecule has 2 aromatic rings. The van der Waals surface area contributed by atoms with Gasteiger partial charge in [0.05, 0.1) is 27.5 Å². The highest BCUT2D eigenvalue weighted by atomic mass is 19.1. The van der Waals surface area contributed by atoms with E-state index >= 15 is 0 Å². The van der Waals surface area contributed by atoms with Crippen molar-refractivity contribution < 1.29 is 28.2 Å². The van der Waals surface area contributed by atoms with Crippen LogP contribution in [0.3, 0.4) is 0 Å². The molecule has 0 saturated carbocycles. The Bertz CT molecular complexity index is 828. The number of nitrogens with one attached hydrogen (secondary N) is 2. The maximum Gasteiger partial charge on any atom is 0.329 e. The van der Waals surface area contributed by atoms with Gasteiger partial charge in [0, 0.05) is 11.3 Å². The zero-order valence-corrected chi connectivity index (χ0v) is 14.9. The van der Waals surface area contributed by atoms with Crippen molar-refractivity contribution in [1.29, 1.82) is 0 Å². The summed E-state index contributed by atoms with van der Waals surface area (Å²) in [7, 11) is 4.42. The summed E-state index contributed by atoms with van der Waals surface area (Å²) in [4.78, 5) is 23.5. The highest BCUT2D eigenvalue weighted by molar-refractivity contribution is 6.39. The number of rotatable bonds is 6. The van der Waals surface area contributed by atoms with E-state index in [-0.39, 0.29) is 5.69 Å². The van der Waals surface area contributed by atoms with E-state index in [9.17, 15) is 14.0 Å². The molecule has 0 bridgehead atoms. The highest BCUT2D eigenvalue weighted by Gasteiger charge is 2.14. The first kappa shape index (κ1) is 19.7. The van der Waals surface area contributed by atoms with Crippen molar-refractivity contribution >= 4 is 23.7 Å². The van der Waals surface area contributed by atoms with E-state index in [0.29, 0.717) is 22.8 Å². The minimum Gasteiger partial charge on any atom is -0.493 e. The molecule has 0 aromatic heterocycles. The Balaban J connectivity index is 2.02. The second-order valence-electron chi connectivity index (χ2n) is 5.12. The summed E-state index contributed by atoms with van der Waals surface area (Å²) in [5.74, 6) is -1.13. The van der Waals surface area contributed by atoms with Crippen LogP contribution in [-0.2, 0) is 9.59 Å². The fourth-order valence-electron chi connectivity index (χ4n) is 2.11. The average molecular weight is 375 g/mol. The molecule has 2 aromatic carbocycles. The number of methoxy groups -OCH3 is 3. The molecular weight excluding hydrogens is 357 g/mol. The fraction of sp³-hybridized carbons (Fsp3) is 0.167. The van der Waals surface area contributed by atoms with Gasteiger partial charge in [-0.05, 0) is 36.4 Å². The quantitative estimate of drug-likeness (QED) is 0.457. The molecule has 2 N–H and O–H groups in total. The molecule has 9 heteroatoms. The summed E-state index contributed by atoms with van der Waals surface area (Å²) < 4.78 is 28.5. The number of benzene rings is 2. The van der Waals surface area contributed by atoms with Gasteiger partial charge in [-0.3, -0.25) is 9.59 Å². The average Bonchev–Trinajstić information content (AvgIpc) is 2.68. The van der Waals surface area contributed by atoms with Crippen molar-refractivity contribution in [3.63, 3.8) is 0 Å². The van der Waals surface area contributed by atoms with Gasteiger partial charge in [-0.15, -0.1) is 0 Å². The third-order valence-corrected chi connectivity index (χ3v) is 3.38. The first-order valence-electron chi connectivity index (χ1n) is 7.68. The summed E-state index contributed by atoms with van der Waals surface area (Å²) >= 11 is 0. The molecule has 0 saturated heterocycles. The molecule has 0 aliphatic rings. The second-order valence-corrected chi connectivity index (χ2v) is 5.12. The van der Waals surface area contributed by atoms with Crippen LogP contribution in [-0.4, -0.2) is 39.4 Å². The lowest BCUT2D eigenvalue weighted by atomic mass is 10.2. The van der Waals surface area contributed by atoms with Gasteiger partial charge in [-0.2, -0.15) is 5.10 Å². The smallest absolute Gasteiger partial charge is 0.329 e. The maximum absolute atomic E-state index is 12.8. The second kappa shape index (κ2) is 9.18. The SMILES string of the molecule is COc1cc(/C=N\NC(=O)C(=O)Nc2ccc(F)cc2)cc(OC)c1OC. The van der Waals surface area contributed by atoms with E-state index in [0.717, 1.165) is 12.1 Å². The zero-order valence-electron chi connectivity index (χ0n) is 14.9. The number of hydrogen-bond acceptors (Lipinski definition) is 6. The van der Waals surface area contributed by atoms with E-state index in [1.807, 2.05) is 0 Å². The normalized spacial score (nSPS) is 10.4. The van der Waals surface area contributed by atoms with Gasteiger partial charge in [0.15, 0.2) is 11.5 Å². The Hall–Kier alpha value is -3.62. The molecule has 0 fully saturated rings. The van der Waals surface area contributed by atoms with Crippen LogP contribution in [0.5, 0.6) is 17.2 Å². The Kier molecular flexibility index (Phi) is 6.70. The minimum absolute atomic E-state index is 0.283. The standard InChI is InChI=1S/C18H18FN3O5/c1-25-14-8-11(9-15(26-2)16(14)27-3)10-20-22-18(24)17(23)21-13-6-4-12(19)5-7-13/h4-10H,1-3H3,(H,21,23)(H,22,24)/b20-10-. The lowest BCUT2D eigenvalue weighted by molar-refractivity contribution is -0.136. The van der Waals surface area contributed by atoms with E-state index < -0.39 is 17.6 Å². The van der Waals surface area contributed by atoms with Crippen LogP contribution in [0.1, 0.15) is 5.56 Å². The third kappa shape index (κ3) is 5.18. The van der Waals surface area contributed by atoms with Crippen LogP contribution >= 0.6 is 0 Å². The molecule has 0 atom stereocenters. The Morgan fingerprint density at radius 1 is 0.963 bits per heavy atom. The van der Waals surface area contributed by atoms with Gasteiger partial charge >= 0.3 is 11.8 Å².